The summed E-state index contributed by atoms with van der Waals surface area (Å²) in [5.74, 6) is -0.463. The maximum absolute atomic E-state index is 13.5. The molecule has 2 heterocycles. The molecule has 1 aliphatic heterocycles. The summed E-state index contributed by atoms with van der Waals surface area (Å²) in [4.78, 5) is 31.6. The predicted octanol–water partition coefficient (Wildman–Crippen LogP) is 5.51. The Morgan fingerprint density at radius 1 is 1.06 bits per heavy atom. The van der Waals surface area contributed by atoms with Gasteiger partial charge in [0, 0.05) is 40.0 Å². The second-order valence-electron chi connectivity index (χ2n) is 8.57. The van der Waals surface area contributed by atoms with E-state index in [2.05, 4.69) is 4.98 Å². The monoisotopic (exact) mass is 482 g/mol. The van der Waals surface area contributed by atoms with E-state index in [9.17, 15) is 14.7 Å². The van der Waals surface area contributed by atoms with Crippen molar-refractivity contribution in [1.82, 2.24) is 4.98 Å². The van der Waals surface area contributed by atoms with E-state index in [0.29, 0.717) is 34.9 Å². The summed E-state index contributed by atoms with van der Waals surface area (Å²) < 4.78 is 11.0. The molecule has 4 aromatic rings. The number of aliphatic hydroxyl groups excluding tert-OH is 1. The maximum atomic E-state index is 13.5. The molecule has 0 aliphatic carbocycles. The number of amides is 1. The average Bonchev–Trinajstić information content (AvgIpc) is 3.42. The van der Waals surface area contributed by atoms with Gasteiger partial charge in [-0.05, 0) is 55.8 Å². The van der Waals surface area contributed by atoms with Crippen molar-refractivity contribution < 1.29 is 24.2 Å². The second-order valence-corrected chi connectivity index (χ2v) is 8.57. The number of carbonyl (C=O) groups excluding carboxylic acids is 2. The molecule has 5 rings (SSSR count). The number of methoxy groups -OCH3 is 1. The van der Waals surface area contributed by atoms with Crippen LogP contribution in [0.25, 0.3) is 16.7 Å². The third kappa shape index (κ3) is 3.79. The summed E-state index contributed by atoms with van der Waals surface area (Å²) in [6, 6.07) is 19.0. The molecule has 3 aromatic carbocycles. The molecule has 2 N–H and O–H groups in total. The van der Waals surface area contributed by atoms with Crippen molar-refractivity contribution in [2.45, 2.75) is 19.9 Å². The highest BCUT2D eigenvalue weighted by Gasteiger charge is 2.47. The molecule has 1 aromatic heterocycles. The van der Waals surface area contributed by atoms with Crippen LogP contribution in [-0.4, -0.2) is 35.5 Å². The van der Waals surface area contributed by atoms with Gasteiger partial charge in [0.2, 0.25) is 0 Å². The predicted molar refractivity (Wildman–Crippen MR) is 138 cm³/mol. The number of ketones is 1. The van der Waals surface area contributed by atoms with Gasteiger partial charge in [-0.2, -0.15) is 0 Å². The quantitative estimate of drug-likeness (QED) is 0.215. The molecule has 0 radical (unpaired) electrons. The fourth-order valence-electron chi connectivity index (χ4n) is 4.78. The molecular formula is C29H26N2O5. The summed E-state index contributed by atoms with van der Waals surface area (Å²) in [5.41, 5.74) is 3.32. The maximum Gasteiger partial charge on any atom is 0.300 e. The molecule has 0 bridgehead atoms. The number of hydrogen-bond donors (Lipinski definition) is 2. The molecule has 0 saturated carbocycles. The molecule has 7 nitrogen and oxygen atoms in total. The van der Waals surface area contributed by atoms with Gasteiger partial charge < -0.3 is 19.6 Å². The molecule has 1 unspecified atom stereocenters. The minimum absolute atomic E-state index is 0.0242. The SMILES string of the molecule is CCOc1cccc(N2C(=O)C(=O)/C(=C(/O)c3ccc(OC)c(C)c3)C2c2c[nH]c3ccccc23)c1. The summed E-state index contributed by atoms with van der Waals surface area (Å²) in [7, 11) is 1.57. The Balaban J connectivity index is 1.75. The van der Waals surface area contributed by atoms with Crippen LogP contribution in [0.15, 0.2) is 78.5 Å². The van der Waals surface area contributed by atoms with Gasteiger partial charge in [-0.25, -0.2) is 0 Å². The number of benzene rings is 3. The molecule has 1 fully saturated rings. The van der Waals surface area contributed by atoms with E-state index in [-0.39, 0.29) is 11.3 Å². The van der Waals surface area contributed by atoms with Crippen LogP contribution in [0.2, 0.25) is 0 Å². The zero-order valence-corrected chi connectivity index (χ0v) is 20.2. The van der Waals surface area contributed by atoms with E-state index in [4.69, 9.17) is 9.47 Å². The lowest BCUT2D eigenvalue weighted by Crippen LogP contribution is -2.29. The van der Waals surface area contributed by atoms with E-state index < -0.39 is 17.7 Å². The number of para-hydroxylation sites is 1. The van der Waals surface area contributed by atoms with Crippen LogP contribution < -0.4 is 14.4 Å². The highest BCUT2D eigenvalue weighted by Crippen LogP contribution is 2.45. The van der Waals surface area contributed by atoms with E-state index >= 15 is 0 Å². The molecule has 1 saturated heterocycles. The number of carbonyl (C=O) groups is 2. The van der Waals surface area contributed by atoms with Gasteiger partial charge in [-0.3, -0.25) is 14.5 Å². The van der Waals surface area contributed by atoms with Crippen molar-refractivity contribution in [2.75, 3.05) is 18.6 Å². The summed E-state index contributed by atoms with van der Waals surface area (Å²) in [6.07, 6.45) is 1.78. The van der Waals surface area contributed by atoms with Crippen molar-refractivity contribution in [1.29, 1.82) is 0 Å². The fourth-order valence-corrected chi connectivity index (χ4v) is 4.78. The smallest absolute Gasteiger partial charge is 0.300 e. The third-order valence-electron chi connectivity index (χ3n) is 6.44. The molecular weight excluding hydrogens is 456 g/mol. The number of aromatic nitrogens is 1. The molecule has 7 heteroatoms. The second kappa shape index (κ2) is 9.26. The van der Waals surface area contributed by atoms with E-state index in [1.54, 1.807) is 55.8 Å². The highest BCUT2D eigenvalue weighted by atomic mass is 16.5. The van der Waals surface area contributed by atoms with Crippen molar-refractivity contribution in [3.8, 4) is 11.5 Å². The van der Waals surface area contributed by atoms with Crippen LogP contribution in [0, 0.1) is 6.92 Å². The summed E-state index contributed by atoms with van der Waals surface area (Å²) in [6.45, 7) is 4.19. The summed E-state index contributed by atoms with van der Waals surface area (Å²) >= 11 is 0. The number of Topliss-reactive ketones (excluding diaryl/α,β-unsaturated/α-hetero) is 1. The Hall–Kier alpha value is -4.52. The minimum atomic E-state index is -0.847. The van der Waals surface area contributed by atoms with Gasteiger partial charge in [-0.15, -0.1) is 0 Å². The molecule has 1 amide bonds. The first kappa shape index (κ1) is 23.2. The molecule has 0 spiro atoms. The van der Waals surface area contributed by atoms with Crippen LogP contribution in [0.4, 0.5) is 5.69 Å². The van der Waals surface area contributed by atoms with Gasteiger partial charge in [0.1, 0.15) is 17.3 Å². The molecule has 1 atom stereocenters. The molecule has 182 valence electrons. The highest BCUT2D eigenvalue weighted by molar-refractivity contribution is 6.52. The fraction of sp³-hybridized carbons (Fsp3) is 0.172. The topological polar surface area (TPSA) is 91.9 Å². The van der Waals surface area contributed by atoms with Crippen molar-refractivity contribution in [3.05, 3.63) is 95.2 Å². The minimum Gasteiger partial charge on any atom is -0.507 e. The summed E-state index contributed by atoms with van der Waals surface area (Å²) in [5, 5.41) is 12.3. The first-order chi connectivity index (χ1) is 17.4. The zero-order valence-electron chi connectivity index (χ0n) is 20.2. The Morgan fingerprint density at radius 3 is 2.61 bits per heavy atom. The van der Waals surface area contributed by atoms with Crippen molar-refractivity contribution in [3.63, 3.8) is 0 Å². The standard InChI is InChI=1S/C29H26N2O5/c1-4-36-20-9-7-8-19(15-20)31-26(22-16-30-23-11-6-5-10-21(22)23)25(28(33)29(31)34)27(32)18-12-13-24(35-3)17(2)14-18/h5-16,26,30,32H,4H2,1-3H3/b27-25+. The Morgan fingerprint density at radius 2 is 1.86 bits per heavy atom. The van der Waals surface area contributed by atoms with Crippen molar-refractivity contribution in [2.24, 2.45) is 0 Å². The number of nitrogens with one attached hydrogen (secondary N) is 1. The van der Waals surface area contributed by atoms with Crippen LogP contribution >= 0.6 is 0 Å². The van der Waals surface area contributed by atoms with Crippen LogP contribution in [0.5, 0.6) is 11.5 Å². The van der Waals surface area contributed by atoms with Gasteiger partial charge in [-0.1, -0.05) is 24.3 Å². The van der Waals surface area contributed by atoms with E-state index in [1.807, 2.05) is 38.1 Å². The van der Waals surface area contributed by atoms with Gasteiger partial charge in [0.05, 0.1) is 25.3 Å². The van der Waals surface area contributed by atoms with Crippen LogP contribution in [0.3, 0.4) is 0 Å². The number of aromatic amines is 1. The zero-order chi connectivity index (χ0) is 25.4. The number of rotatable bonds is 6. The first-order valence-corrected chi connectivity index (χ1v) is 11.7. The third-order valence-corrected chi connectivity index (χ3v) is 6.44. The Labute approximate surface area is 208 Å². The largest absolute Gasteiger partial charge is 0.507 e. The first-order valence-electron chi connectivity index (χ1n) is 11.7. The van der Waals surface area contributed by atoms with Crippen molar-refractivity contribution >= 4 is 34.0 Å². The molecule has 1 aliphatic rings. The average molecular weight is 483 g/mol. The lowest BCUT2D eigenvalue weighted by Gasteiger charge is -2.25. The van der Waals surface area contributed by atoms with Crippen LogP contribution in [-0.2, 0) is 9.59 Å². The Bertz CT molecular complexity index is 1520. The number of hydrogen-bond acceptors (Lipinski definition) is 5. The molecule has 36 heavy (non-hydrogen) atoms. The number of H-pyrrole nitrogens is 1. The normalized spacial score (nSPS) is 17.1. The number of aliphatic hydroxyl groups is 1. The number of anilines is 1. The van der Waals surface area contributed by atoms with Gasteiger partial charge in [0.15, 0.2) is 0 Å². The lowest BCUT2D eigenvalue weighted by atomic mass is 9.94. The number of nitrogens with zero attached hydrogens (tertiary/aromatic N) is 1. The number of ether oxygens (including phenoxy) is 2. The Kier molecular flexibility index (Phi) is 5.98. The number of aryl methyl sites for hydroxylation is 1. The van der Waals surface area contributed by atoms with E-state index in [0.717, 1.165) is 16.5 Å². The van der Waals surface area contributed by atoms with Gasteiger partial charge in [0.25, 0.3) is 11.7 Å². The lowest BCUT2D eigenvalue weighted by molar-refractivity contribution is -0.132. The van der Waals surface area contributed by atoms with E-state index in [1.165, 1.54) is 4.90 Å². The van der Waals surface area contributed by atoms with Crippen LogP contribution in [0.1, 0.15) is 29.7 Å². The number of fused-ring (bicyclic) bond motifs is 1. The van der Waals surface area contributed by atoms with Gasteiger partial charge >= 0.3 is 0 Å².